The smallest absolute Gasteiger partial charge is 0.305 e. The third-order valence-corrected chi connectivity index (χ3v) is 4.21. The van der Waals surface area contributed by atoms with Gasteiger partial charge in [0.25, 0.3) is 0 Å². The predicted molar refractivity (Wildman–Crippen MR) is 99.9 cm³/mol. The summed E-state index contributed by atoms with van der Waals surface area (Å²) in [5.41, 5.74) is 0. The Kier molecular flexibility index (Phi) is 12.1. The lowest BCUT2D eigenvalue weighted by Gasteiger charge is -1.97. The molecule has 0 radical (unpaired) electrons. The van der Waals surface area contributed by atoms with E-state index >= 15 is 0 Å². The number of ether oxygens (including phenoxy) is 2. The Labute approximate surface area is 147 Å². The molecule has 0 spiro atoms. The molecule has 2 atom stereocenters. The molecule has 1 saturated heterocycles. The van der Waals surface area contributed by atoms with E-state index < -0.39 is 0 Å². The fourth-order valence-electron chi connectivity index (χ4n) is 2.63. The summed E-state index contributed by atoms with van der Waals surface area (Å²) in [6.45, 7) is 2.25. The highest BCUT2D eigenvalue weighted by Crippen LogP contribution is 2.28. The highest BCUT2D eigenvalue weighted by Gasteiger charge is 2.35. The molecule has 0 aromatic rings. The van der Waals surface area contributed by atoms with Crippen LogP contribution in [0.4, 0.5) is 0 Å². The highest BCUT2D eigenvalue weighted by molar-refractivity contribution is 5.68. The van der Waals surface area contributed by atoms with Crippen molar-refractivity contribution in [3.63, 3.8) is 0 Å². The van der Waals surface area contributed by atoms with Crippen molar-refractivity contribution in [3.8, 4) is 0 Å². The summed E-state index contributed by atoms with van der Waals surface area (Å²) >= 11 is 0. The number of unbranched alkanes of at least 4 members (excludes halogenated alkanes) is 6. The summed E-state index contributed by atoms with van der Waals surface area (Å²) in [6, 6.07) is 0. The Morgan fingerprint density at radius 1 is 1.00 bits per heavy atom. The molecule has 3 nitrogen and oxygen atoms in total. The normalized spacial score (nSPS) is 20.4. The number of esters is 1. The molecule has 0 unspecified atom stereocenters. The Balaban J connectivity index is 1.94. The summed E-state index contributed by atoms with van der Waals surface area (Å²) in [4.78, 5) is 11.0. The van der Waals surface area contributed by atoms with E-state index in [1.54, 1.807) is 0 Å². The maximum atomic E-state index is 11.0. The molecule has 1 fully saturated rings. The number of epoxide rings is 1. The van der Waals surface area contributed by atoms with Gasteiger partial charge in [0.2, 0.25) is 0 Å². The summed E-state index contributed by atoms with van der Waals surface area (Å²) in [7, 11) is 1.43. The first-order chi connectivity index (χ1) is 11.8. The highest BCUT2D eigenvalue weighted by atomic mass is 16.6. The van der Waals surface area contributed by atoms with E-state index in [9.17, 15) is 4.79 Å². The number of allylic oxidation sites excluding steroid dienone is 5. The van der Waals surface area contributed by atoms with Gasteiger partial charge < -0.3 is 9.47 Å². The Hall–Kier alpha value is -1.35. The summed E-state index contributed by atoms with van der Waals surface area (Å²) in [6.07, 6.45) is 24.6. The third-order valence-electron chi connectivity index (χ3n) is 4.21. The lowest BCUT2D eigenvalue weighted by atomic mass is 10.1. The second kappa shape index (κ2) is 14.0. The van der Waals surface area contributed by atoms with Crippen molar-refractivity contribution in [1.29, 1.82) is 0 Å². The maximum Gasteiger partial charge on any atom is 0.305 e. The molecule has 24 heavy (non-hydrogen) atoms. The van der Waals surface area contributed by atoms with Crippen LogP contribution in [0.25, 0.3) is 0 Å². The second-order valence-corrected chi connectivity index (χ2v) is 6.36. The first-order valence-corrected chi connectivity index (χ1v) is 9.50. The molecule has 1 rings (SSSR count). The van der Waals surface area contributed by atoms with Crippen LogP contribution in [0.2, 0.25) is 0 Å². The van der Waals surface area contributed by atoms with Gasteiger partial charge in [-0.15, -0.1) is 0 Å². The summed E-state index contributed by atoms with van der Waals surface area (Å²) in [5, 5.41) is 0. The molecule has 136 valence electrons. The standard InChI is InChI=1S/C21H34O3/c1-3-4-5-6-7-8-9-10-11-12-13-14-16-19-20(24-19)17-15-18-21(22)23-2/h10-14,16,19-20H,3-9,15,17-18H2,1-2H3/t19-,20-/m0/s1. The van der Waals surface area contributed by atoms with Gasteiger partial charge in [-0.3, -0.25) is 4.79 Å². The Morgan fingerprint density at radius 2 is 1.75 bits per heavy atom. The van der Waals surface area contributed by atoms with Crippen LogP contribution in [-0.2, 0) is 14.3 Å². The molecular weight excluding hydrogens is 300 g/mol. The van der Waals surface area contributed by atoms with Gasteiger partial charge in [0.1, 0.15) is 6.10 Å². The fourth-order valence-corrected chi connectivity index (χ4v) is 2.63. The zero-order chi connectivity index (χ0) is 17.5. The van der Waals surface area contributed by atoms with Crippen LogP contribution in [0.15, 0.2) is 36.5 Å². The fraction of sp³-hybridized carbons (Fsp3) is 0.667. The van der Waals surface area contributed by atoms with Gasteiger partial charge in [0.05, 0.1) is 13.2 Å². The third kappa shape index (κ3) is 11.2. The van der Waals surface area contributed by atoms with Crippen LogP contribution in [0.3, 0.4) is 0 Å². The maximum absolute atomic E-state index is 11.0. The Morgan fingerprint density at radius 3 is 2.54 bits per heavy atom. The van der Waals surface area contributed by atoms with Crippen LogP contribution < -0.4 is 0 Å². The minimum absolute atomic E-state index is 0.140. The van der Waals surface area contributed by atoms with Crippen molar-refractivity contribution < 1.29 is 14.3 Å². The number of hydrogen-bond acceptors (Lipinski definition) is 3. The van der Waals surface area contributed by atoms with E-state index in [1.807, 2.05) is 12.2 Å². The molecular formula is C21H34O3. The van der Waals surface area contributed by atoms with E-state index in [-0.39, 0.29) is 18.2 Å². The average Bonchev–Trinajstić information content (AvgIpc) is 3.34. The van der Waals surface area contributed by atoms with Crippen molar-refractivity contribution in [1.82, 2.24) is 0 Å². The molecule has 1 aliphatic heterocycles. The first kappa shape index (κ1) is 20.7. The van der Waals surface area contributed by atoms with Crippen molar-refractivity contribution >= 4 is 5.97 Å². The van der Waals surface area contributed by atoms with Gasteiger partial charge in [-0.2, -0.15) is 0 Å². The summed E-state index contributed by atoms with van der Waals surface area (Å²) < 4.78 is 10.2. The Bertz CT molecular complexity index is 409. The van der Waals surface area contributed by atoms with E-state index in [0.717, 1.165) is 12.8 Å². The van der Waals surface area contributed by atoms with Gasteiger partial charge in [-0.25, -0.2) is 0 Å². The van der Waals surface area contributed by atoms with Gasteiger partial charge in [-0.1, -0.05) is 75.5 Å². The first-order valence-electron chi connectivity index (χ1n) is 9.50. The minimum atomic E-state index is -0.140. The van der Waals surface area contributed by atoms with E-state index in [2.05, 4.69) is 36.0 Å². The van der Waals surface area contributed by atoms with E-state index in [1.165, 1.54) is 52.1 Å². The topological polar surface area (TPSA) is 38.8 Å². The molecule has 0 N–H and O–H groups in total. The van der Waals surface area contributed by atoms with E-state index in [4.69, 9.17) is 4.74 Å². The van der Waals surface area contributed by atoms with E-state index in [0.29, 0.717) is 6.42 Å². The minimum Gasteiger partial charge on any atom is -0.469 e. The molecule has 1 heterocycles. The van der Waals surface area contributed by atoms with Crippen molar-refractivity contribution in [3.05, 3.63) is 36.5 Å². The SMILES string of the molecule is CCCCCCCCC=CC=CC=C[C@@H]1O[C@H]1CCCC(=O)OC. The lowest BCUT2D eigenvalue weighted by molar-refractivity contribution is -0.140. The molecule has 0 bridgehead atoms. The van der Waals surface area contributed by atoms with Crippen LogP contribution in [0, 0.1) is 0 Å². The quantitative estimate of drug-likeness (QED) is 0.182. The number of hydrogen-bond donors (Lipinski definition) is 0. The van der Waals surface area contributed by atoms with Crippen LogP contribution in [0.5, 0.6) is 0 Å². The van der Waals surface area contributed by atoms with Crippen LogP contribution >= 0.6 is 0 Å². The molecule has 3 heteroatoms. The molecule has 0 aromatic heterocycles. The monoisotopic (exact) mass is 334 g/mol. The van der Waals surface area contributed by atoms with Gasteiger partial charge >= 0.3 is 5.97 Å². The van der Waals surface area contributed by atoms with Gasteiger partial charge in [0.15, 0.2) is 0 Å². The number of methoxy groups -OCH3 is 1. The van der Waals surface area contributed by atoms with Crippen molar-refractivity contribution in [2.75, 3.05) is 7.11 Å². The number of carbonyl (C=O) groups excluding carboxylic acids is 1. The molecule has 1 aliphatic rings. The lowest BCUT2D eigenvalue weighted by Crippen LogP contribution is -2.01. The molecule has 0 saturated carbocycles. The summed E-state index contributed by atoms with van der Waals surface area (Å²) in [5.74, 6) is -0.140. The van der Waals surface area contributed by atoms with Gasteiger partial charge in [-0.05, 0) is 25.7 Å². The van der Waals surface area contributed by atoms with Crippen LogP contribution in [0.1, 0.15) is 71.1 Å². The molecule has 0 aliphatic carbocycles. The average molecular weight is 335 g/mol. The molecule has 0 aromatic carbocycles. The van der Waals surface area contributed by atoms with Crippen LogP contribution in [-0.4, -0.2) is 25.3 Å². The van der Waals surface area contributed by atoms with Gasteiger partial charge in [0, 0.05) is 6.42 Å². The predicted octanol–water partition coefficient (Wildman–Crippen LogP) is 5.52. The molecule has 0 amide bonds. The number of rotatable bonds is 14. The van der Waals surface area contributed by atoms with Crippen molar-refractivity contribution in [2.24, 2.45) is 0 Å². The largest absolute Gasteiger partial charge is 0.469 e. The second-order valence-electron chi connectivity index (χ2n) is 6.36. The van der Waals surface area contributed by atoms with Crippen molar-refractivity contribution in [2.45, 2.75) is 83.3 Å². The number of carbonyl (C=O) groups is 1. The zero-order valence-corrected chi connectivity index (χ0v) is 15.4. The zero-order valence-electron chi connectivity index (χ0n) is 15.4.